The maximum atomic E-state index is 13.1. The highest BCUT2D eigenvalue weighted by atomic mass is 32.2. The summed E-state index contributed by atoms with van der Waals surface area (Å²) in [7, 11) is 1.60. The lowest BCUT2D eigenvalue weighted by atomic mass is 10.1. The van der Waals surface area contributed by atoms with Gasteiger partial charge in [0.2, 0.25) is 5.91 Å². The van der Waals surface area contributed by atoms with Crippen LogP contribution in [0.3, 0.4) is 0 Å². The van der Waals surface area contributed by atoms with Crippen molar-refractivity contribution in [3.8, 4) is 5.75 Å². The van der Waals surface area contributed by atoms with Crippen LogP contribution in [-0.4, -0.2) is 25.4 Å². The molecule has 0 aliphatic carbocycles. The second-order valence-electron chi connectivity index (χ2n) is 8.49. The number of fused-ring (bicyclic) bond motifs is 4. The molecule has 0 bridgehead atoms. The number of hydrogen-bond acceptors (Lipinski definition) is 7. The molecule has 1 N–H and O–H groups in total. The molecule has 6 nitrogen and oxygen atoms in total. The Morgan fingerprint density at radius 1 is 1.11 bits per heavy atom. The third-order valence-corrected chi connectivity index (χ3v) is 8.10. The quantitative estimate of drug-likeness (QED) is 0.325. The van der Waals surface area contributed by atoms with Gasteiger partial charge in [-0.25, -0.2) is 0 Å². The summed E-state index contributed by atoms with van der Waals surface area (Å²) in [4.78, 5) is 20.0. The number of rotatable bonds is 6. The van der Waals surface area contributed by atoms with Crippen molar-refractivity contribution in [2.24, 2.45) is 4.99 Å². The molecule has 1 aliphatic rings. The van der Waals surface area contributed by atoms with Crippen LogP contribution < -0.4 is 24.8 Å². The van der Waals surface area contributed by atoms with Gasteiger partial charge in [0, 0.05) is 27.7 Å². The SMILES string of the molecule is COc1cc2c(cc1NC(=O)CSC1=c3ccsc3=NCN1c1ccc(C)cc1)oc1ccccc12. The van der Waals surface area contributed by atoms with E-state index in [1.165, 1.54) is 17.3 Å². The Hall–Kier alpha value is -3.75. The highest BCUT2D eigenvalue weighted by Crippen LogP contribution is 2.36. The predicted octanol–water partition coefficient (Wildman–Crippen LogP) is 5.50. The molecular weight excluding hydrogens is 490 g/mol. The zero-order chi connectivity index (χ0) is 24.6. The van der Waals surface area contributed by atoms with Gasteiger partial charge in [-0.2, -0.15) is 0 Å². The van der Waals surface area contributed by atoms with Gasteiger partial charge in [0.25, 0.3) is 0 Å². The molecule has 3 aromatic carbocycles. The molecule has 0 fully saturated rings. The number of carbonyl (C=O) groups is 1. The van der Waals surface area contributed by atoms with Gasteiger partial charge in [-0.05, 0) is 42.6 Å². The van der Waals surface area contributed by atoms with Gasteiger partial charge in [-0.1, -0.05) is 47.7 Å². The van der Waals surface area contributed by atoms with Crippen molar-refractivity contribution in [2.75, 3.05) is 29.7 Å². The van der Waals surface area contributed by atoms with Crippen molar-refractivity contribution in [1.82, 2.24) is 0 Å². The summed E-state index contributed by atoms with van der Waals surface area (Å²) in [5, 5.41) is 9.12. The molecular formula is C28H23N3O3S2. The lowest BCUT2D eigenvalue weighted by Crippen LogP contribution is -2.37. The Morgan fingerprint density at radius 3 is 2.78 bits per heavy atom. The first-order chi connectivity index (χ1) is 17.6. The van der Waals surface area contributed by atoms with E-state index >= 15 is 0 Å². The molecule has 0 radical (unpaired) electrons. The van der Waals surface area contributed by atoms with Gasteiger partial charge < -0.3 is 19.4 Å². The van der Waals surface area contributed by atoms with Crippen LogP contribution >= 0.6 is 23.1 Å². The van der Waals surface area contributed by atoms with Gasteiger partial charge in [0.15, 0.2) is 0 Å². The summed E-state index contributed by atoms with van der Waals surface area (Å²) in [6.07, 6.45) is 0. The molecule has 0 unspecified atom stereocenters. The largest absolute Gasteiger partial charge is 0.495 e. The molecule has 1 amide bonds. The van der Waals surface area contributed by atoms with Crippen LogP contribution in [-0.2, 0) is 4.79 Å². The summed E-state index contributed by atoms with van der Waals surface area (Å²) < 4.78 is 12.6. The van der Waals surface area contributed by atoms with Crippen molar-refractivity contribution >= 4 is 67.3 Å². The monoisotopic (exact) mass is 513 g/mol. The van der Waals surface area contributed by atoms with Crippen LogP contribution in [0.25, 0.3) is 27.0 Å². The number of benzene rings is 3. The lowest BCUT2D eigenvalue weighted by Gasteiger charge is -2.27. The fraction of sp³-hybridized carbons (Fsp3) is 0.143. The second-order valence-corrected chi connectivity index (χ2v) is 10.4. The normalized spacial score (nSPS) is 13.1. The number of amides is 1. The molecule has 1 aliphatic heterocycles. The van der Waals surface area contributed by atoms with Crippen LogP contribution in [0.2, 0.25) is 0 Å². The maximum Gasteiger partial charge on any atom is 0.234 e. The second kappa shape index (κ2) is 9.37. The lowest BCUT2D eigenvalue weighted by molar-refractivity contribution is -0.113. The smallest absolute Gasteiger partial charge is 0.234 e. The molecule has 0 saturated heterocycles. The zero-order valence-electron chi connectivity index (χ0n) is 19.8. The first kappa shape index (κ1) is 22.7. The highest BCUT2D eigenvalue weighted by molar-refractivity contribution is 8.08. The first-order valence-electron chi connectivity index (χ1n) is 11.5. The summed E-state index contributed by atoms with van der Waals surface area (Å²) in [5.41, 5.74) is 4.35. The molecule has 5 aromatic rings. The molecule has 0 spiro atoms. The van der Waals surface area contributed by atoms with E-state index < -0.39 is 0 Å². The number of para-hydroxylation sites is 1. The molecule has 3 heterocycles. The third-order valence-electron chi connectivity index (χ3n) is 6.13. The molecule has 2 aromatic heterocycles. The Balaban J connectivity index is 1.27. The van der Waals surface area contributed by atoms with Crippen molar-refractivity contribution in [3.63, 3.8) is 0 Å². The number of ether oxygens (including phenoxy) is 1. The number of nitrogens with one attached hydrogen (secondary N) is 1. The van der Waals surface area contributed by atoms with Crippen LogP contribution in [0.1, 0.15) is 5.56 Å². The van der Waals surface area contributed by atoms with E-state index in [0.717, 1.165) is 37.0 Å². The molecule has 0 atom stereocenters. The number of carbonyl (C=O) groups excluding carboxylic acids is 1. The molecule has 36 heavy (non-hydrogen) atoms. The number of furan rings is 1. The van der Waals surface area contributed by atoms with Crippen LogP contribution in [0, 0.1) is 6.92 Å². The van der Waals surface area contributed by atoms with E-state index in [4.69, 9.17) is 14.1 Å². The molecule has 6 rings (SSSR count). The van der Waals surface area contributed by atoms with Gasteiger partial charge in [-0.15, -0.1) is 11.3 Å². The summed E-state index contributed by atoms with van der Waals surface area (Å²) >= 11 is 3.13. The Labute approximate surface area is 215 Å². The van der Waals surface area contributed by atoms with Crippen LogP contribution in [0.4, 0.5) is 11.4 Å². The van der Waals surface area contributed by atoms with E-state index in [2.05, 4.69) is 47.5 Å². The van der Waals surface area contributed by atoms with Crippen molar-refractivity contribution in [1.29, 1.82) is 0 Å². The number of aryl methyl sites for hydroxylation is 1. The van der Waals surface area contributed by atoms with Gasteiger partial charge >= 0.3 is 0 Å². The Morgan fingerprint density at radius 2 is 1.94 bits per heavy atom. The minimum atomic E-state index is -0.121. The predicted molar refractivity (Wildman–Crippen MR) is 148 cm³/mol. The van der Waals surface area contributed by atoms with Gasteiger partial charge in [0.1, 0.15) is 28.3 Å². The van der Waals surface area contributed by atoms with E-state index in [1.54, 1.807) is 18.4 Å². The van der Waals surface area contributed by atoms with Crippen molar-refractivity contribution < 1.29 is 13.9 Å². The van der Waals surface area contributed by atoms with E-state index in [1.807, 2.05) is 41.8 Å². The van der Waals surface area contributed by atoms with Crippen LogP contribution in [0.5, 0.6) is 5.75 Å². The summed E-state index contributed by atoms with van der Waals surface area (Å²) in [6.45, 7) is 2.60. The fourth-order valence-corrected chi connectivity index (χ4v) is 6.15. The number of thioether (sulfide) groups is 1. The number of thiophene rings is 1. The maximum absolute atomic E-state index is 13.1. The Bertz CT molecular complexity index is 1720. The average molecular weight is 514 g/mol. The number of nitrogens with zero attached hydrogens (tertiary/aromatic N) is 2. The van der Waals surface area contributed by atoms with Crippen molar-refractivity contribution in [2.45, 2.75) is 6.92 Å². The number of anilines is 2. The molecule has 8 heteroatoms. The number of methoxy groups -OCH3 is 1. The molecule has 180 valence electrons. The molecule has 0 saturated carbocycles. The average Bonchev–Trinajstić information content (AvgIpc) is 3.51. The minimum Gasteiger partial charge on any atom is -0.495 e. The standard InChI is InChI=1S/C28H23N3O3S2/c1-17-7-9-18(10-8-17)31-16-29-27-20(11-12-35-27)28(31)36-15-26(32)30-22-14-24-21(13-25(22)33-2)19-5-3-4-6-23(19)34-24/h3-14H,15-16H2,1-2H3,(H,30,32). The van der Waals surface area contributed by atoms with E-state index in [-0.39, 0.29) is 11.7 Å². The zero-order valence-corrected chi connectivity index (χ0v) is 21.4. The first-order valence-corrected chi connectivity index (χ1v) is 13.4. The van der Waals surface area contributed by atoms with Crippen LogP contribution in [0.15, 0.2) is 81.5 Å². The van der Waals surface area contributed by atoms with Crippen molar-refractivity contribution in [3.05, 3.63) is 87.6 Å². The highest BCUT2D eigenvalue weighted by Gasteiger charge is 2.20. The van der Waals surface area contributed by atoms with E-state index in [9.17, 15) is 4.79 Å². The minimum absolute atomic E-state index is 0.121. The fourth-order valence-electron chi connectivity index (χ4n) is 4.35. The van der Waals surface area contributed by atoms with E-state index in [0.29, 0.717) is 23.7 Å². The van der Waals surface area contributed by atoms with Gasteiger partial charge in [0.05, 0.1) is 23.6 Å². The summed E-state index contributed by atoms with van der Waals surface area (Å²) in [5.74, 6) is 0.719. The Kier molecular flexibility index (Phi) is 5.91. The van der Waals surface area contributed by atoms with Gasteiger partial charge in [-0.3, -0.25) is 9.79 Å². The third kappa shape index (κ3) is 4.12. The topological polar surface area (TPSA) is 67.1 Å². The summed E-state index contributed by atoms with van der Waals surface area (Å²) in [6, 6.07) is 22.1. The number of hydrogen-bond donors (Lipinski definition) is 1.